The summed E-state index contributed by atoms with van der Waals surface area (Å²) in [5, 5.41) is 5.84. The first-order valence-corrected chi connectivity index (χ1v) is 8.63. The van der Waals surface area contributed by atoms with Crippen molar-refractivity contribution in [1.29, 1.82) is 0 Å². The zero-order valence-corrected chi connectivity index (χ0v) is 13.5. The highest BCUT2D eigenvalue weighted by molar-refractivity contribution is 7.07. The van der Waals surface area contributed by atoms with Gasteiger partial charge < -0.3 is 9.88 Å². The van der Waals surface area contributed by atoms with E-state index in [9.17, 15) is 4.79 Å². The Morgan fingerprint density at radius 3 is 2.91 bits per heavy atom. The molecule has 3 aromatic rings. The van der Waals surface area contributed by atoms with Crippen molar-refractivity contribution in [2.75, 3.05) is 0 Å². The number of halogens is 1. The fraction of sp³-hybridized carbons (Fsp3) is 0.235. The predicted octanol–water partition coefficient (Wildman–Crippen LogP) is 4.69. The highest BCUT2D eigenvalue weighted by Crippen LogP contribution is 2.31. The van der Waals surface area contributed by atoms with Crippen LogP contribution in [-0.2, 0) is 6.54 Å². The molecule has 112 valence electrons. The fourth-order valence-electron chi connectivity index (χ4n) is 2.70. The first kappa shape index (κ1) is 13.9. The molecular formula is C17H15ClN2OS. The number of fused-ring (bicyclic) bond motifs is 1. The molecule has 1 N–H and O–H groups in total. The van der Waals surface area contributed by atoms with Gasteiger partial charge in [-0.1, -0.05) is 17.7 Å². The van der Waals surface area contributed by atoms with E-state index < -0.39 is 0 Å². The van der Waals surface area contributed by atoms with E-state index in [4.69, 9.17) is 11.6 Å². The Kier molecular flexibility index (Phi) is 3.43. The minimum absolute atomic E-state index is 0.0704. The summed E-state index contributed by atoms with van der Waals surface area (Å²) in [5.74, 6) is 0.0704. The van der Waals surface area contributed by atoms with Crippen LogP contribution in [0.2, 0.25) is 5.02 Å². The molecule has 0 unspecified atom stereocenters. The first-order valence-electron chi connectivity index (χ1n) is 7.31. The van der Waals surface area contributed by atoms with Crippen LogP contribution in [0.25, 0.3) is 10.9 Å². The van der Waals surface area contributed by atoms with E-state index in [1.165, 1.54) is 5.56 Å². The van der Waals surface area contributed by atoms with E-state index in [1.54, 1.807) is 11.3 Å². The number of thiophene rings is 1. The number of benzene rings is 1. The van der Waals surface area contributed by atoms with Gasteiger partial charge in [0.1, 0.15) is 5.69 Å². The van der Waals surface area contributed by atoms with Gasteiger partial charge in [0.15, 0.2) is 0 Å². The summed E-state index contributed by atoms with van der Waals surface area (Å²) < 4.78 is 0. The van der Waals surface area contributed by atoms with Gasteiger partial charge in [-0.15, -0.1) is 0 Å². The molecule has 1 aliphatic carbocycles. The maximum atomic E-state index is 12.9. The summed E-state index contributed by atoms with van der Waals surface area (Å²) in [6.07, 6.45) is 2.20. The van der Waals surface area contributed by atoms with Crippen molar-refractivity contribution >= 4 is 39.7 Å². The Labute approximate surface area is 137 Å². The number of carbonyl (C=O) groups excluding carboxylic acids is 1. The van der Waals surface area contributed by atoms with Crippen molar-refractivity contribution in [3.05, 3.63) is 57.4 Å². The van der Waals surface area contributed by atoms with Crippen LogP contribution in [0.5, 0.6) is 0 Å². The number of hydrogen-bond donors (Lipinski definition) is 1. The Balaban J connectivity index is 1.64. The topological polar surface area (TPSA) is 36.1 Å². The quantitative estimate of drug-likeness (QED) is 0.740. The van der Waals surface area contributed by atoms with Gasteiger partial charge >= 0.3 is 0 Å². The summed E-state index contributed by atoms with van der Waals surface area (Å²) in [6.45, 7) is 0.684. The molecule has 0 atom stereocenters. The molecule has 1 fully saturated rings. The van der Waals surface area contributed by atoms with Gasteiger partial charge in [-0.3, -0.25) is 4.79 Å². The molecule has 1 amide bonds. The fourth-order valence-corrected chi connectivity index (χ4v) is 3.53. The van der Waals surface area contributed by atoms with E-state index in [-0.39, 0.29) is 5.91 Å². The van der Waals surface area contributed by atoms with E-state index in [0.717, 1.165) is 23.7 Å². The number of nitrogens with zero attached hydrogens (tertiary/aromatic N) is 1. The summed E-state index contributed by atoms with van der Waals surface area (Å²) in [5.41, 5.74) is 2.74. The lowest BCUT2D eigenvalue weighted by atomic mass is 10.2. The minimum Gasteiger partial charge on any atom is -0.350 e. The third kappa shape index (κ3) is 2.64. The van der Waals surface area contributed by atoms with Crippen LogP contribution in [-0.4, -0.2) is 21.8 Å². The molecule has 1 saturated carbocycles. The number of carbonyl (C=O) groups is 1. The maximum absolute atomic E-state index is 12.9. The normalized spacial score (nSPS) is 14.4. The van der Waals surface area contributed by atoms with Gasteiger partial charge in [0, 0.05) is 28.5 Å². The molecular weight excluding hydrogens is 316 g/mol. The molecule has 2 heterocycles. The smallest absolute Gasteiger partial charge is 0.270 e. The largest absolute Gasteiger partial charge is 0.350 e. The standard InChI is InChI=1S/C17H15ClN2OS/c18-13-2-1-12-7-16(19-15(12)8-13)17(21)20(14-3-4-14)9-11-5-6-22-10-11/h1-2,5-8,10,14,19H,3-4,9H2. The molecule has 1 aliphatic rings. The third-order valence-corrected chi connectivity index (χ3v) is 4.96. The molecule has 3 nitrogen and oxygen atoms in total. The van der Waals surface area contributed by atoms with Gasteiger partial charge in [-0.2, -0.15) is 11.3 Å². The van der Waals surface area contributed by atoms with Crippen molar-refractivity contribution in [3.8, 4) is 0 Å². The summed E-state index contributed by atoms with van der Waals surface area (Å²) in [4.78, 5) is 18.1. The second kappa shape index (κ2) is 5.45. The Morgan fingerprint density at radius 1 is 1.32 bits per heavy atom. The molecule has 2 aromatic heterocycles. The van der Waals surface area contributed by atoms with Crippen LogP contribution in [0, 0.1) is 0 Å². The molecule has 4 rings (SSSR count). The van der Waals surface area contributed by atoms with Crippen LogP contribution < -0.4 is 0 Å². The first-order chi connectivity index (χ1) is 10.7. The van der Waals surface area contributed by atoms with E-state index in [0.29, 0.717) is 23.3 Å². The highest BCUT2D eigenvalue weighted by atomic mass is 35.5. The van der Waals surface area contributed by atoms with E-state index in [2.05, 4.69) is 21.8 Å². The lowest BCUT2D eigenvalue weighted by molar-refractivity contribution is 0.0725. The number of H-pyrrole nitrogens is 1. The van der Waals surface area contributed by atoms with Crippen LogP contribution in [0.1, 0.15) is 28.9 Å². The van der Waals surface area contributed by atoms with Crippen LogP contribution in [0.15, 0.2) is 41.1 Å². The lowest BCUT2D eigenvalue weighted by Gasteiger charge is -2.21. The van der Waals surface area contributed by atoms with Crippen LogP contribution >= 0.6 is 22.9 Å². The Bertz CT molecular complexity index is 820. The molecule has 0 bridgehead atoms. The molecule has 1 aromatic carbocycles. The Morgan fingerprint density at radius 2 is 2.18 bits per heavy atom. The van der Waals surface area contributed by atoms with Crippen molar-refractivity contribution in [3.63, 3.8) is 0 Å². The van der Waals surface area contributed by atoms with E-state index >= 15 is 0 Å². The Hall–Kier alpha value is -1.78. The number of nitrogens with one attached hydrogen (secondary N) is 1. The van der Waals surface area contributed by atoms with Gasteiger partial charge in [0.05, 0.1) is 0 Å². The average molecular weight is 331 g/mol. The molecule has 22 heavy (non-hydrogen) atoms. The monoisotopic (exact) mass is 330 g/mol. The predicted molar refractivity (Wildman–Crippen MR) is 90.5 cm³/mol. The van der Waals surface area contributed by atoms with Crippen LogP contribution in [0.3, 0.4) is 0 Å². The molecule has 0 saturated heterocycles. The van der Waals surface area contributed by atoms with Crippen molar-refractivity contribution in [1.82, 2.24) is 9.88 Å². The lowest BCUT2D eigenvalue weighted by Crippen LogP contribution is -2.32. The maximum Gasteiger partial charge on any atom is 0.270 e. The number of amides is 1. The molecule has 0 aliphatic heterocycles. The minimum atomic E-state index is 0.0704. The van der Waals surface area contributed by atoms with Crippen molar-refractivity contribution in [2.45, 2.75) is 25.4 Å². The number of aromatic amines is 1. The number of hydrogen-bond acceptors (Lipinski definition) is 2. The molecule has 0 spiro atoms. The zero-order valence-electron chi connectivity index (χ0n) is 11.9. The van der Waals surface area contributed by atoms with E-state index in [1.807, 2.05) is 29.2 Å². The number of rotatable bonds is 4. The van der Waals surface area contributed by atoms with Gasteiger partial charge in [-0.25, -0.2) is 0 Å². The summed E-state index contributed by atoms with van der Waals surface area (Å²) >= 11 is 7.68. The van der Waals surface area contributed by atoms with Gasteiger partial charge in [0.25, 0.3) is 5.91 Å². The highest BCUT2D eigenvalue weighted by Gasteiger charge is 2.33. The second-order valence-corrected chi connectivity index (χ2v) is 6.93. The van der Waals surface area contributed by atoms with Crippen molar-refractivity contribution in [2.24, 2.45) is 0 Å². The summed E-state index contributed by atoms with van der Waals surface area (Å²) in [6, 6.07) is 10.0. The second-order valence-electron chi connectivity index (χ2n) is 5.71. The molecule has 5 heteroatoms. The van der Waals surface area contributed by atoms with Crippen molar-refractivity contribution < 1.29 is 4.79 Å². The SMILES string of the molecule is O=C(c1cc2ccc(Cl)cc2[nH]1)N(Cc1ccsc1)C1CC1. The average Bonchev–Trinajstić information content (AvgIpc) is 3.06. The number of aromatic nitrogens is 1. The van der Waals surface area contributed by atoms with Gasteiger partial charge in [0.2, 0.25) is 0 Å². The zero-order chi connectivity index (χ0) is 15.1. The molecule has 0 radical (unpaired) electrons. The summed E-state index contributed by atoms with van der Waals surface area (Å²) in [7, 11) is 0. The van der Waals surface area contributed by atoms with Crippen LogP contribution in [0.4, 0.5) is 0 Å². The third-order valence-electron chi connectivity index (χ3n) is 4.00. The van der Waals surface area contributed by atoms with Gasteiger partial charge in [-0.05, 0) is 53.4 Å².